The molecule has 1 aromatic heterocycles. The van der Waals surface area contributed by atoms with Gasteiger partial charge in [-0.05, 0) is 37.1 Å². The quantitative estimate of drug-likeness (QED) is 0.806. The number of aryl methyl sites for hydroxylation is 1. The van der Waals surface area contributed by atoms with Crippen molar-refractivity contribution < 1.29 is 4.79 Å². The Kier molecular flexibility index (Phi) is 5.21. The Labute approximate surface area is 129 Å². The highest BCUT2D eigenvalue weighted by Crippen LogP contribution is 2.23. The van der Waals surface area contributed by atoms with E-state index >= 15 is 0 Å². The summed E-state index contributed by atoms with van der Waals surface area (Å²) in [5.74, 6) is 0.159. The third kappa shape index (κ3) is 3.84. The van der Waals surface area contributed by atoms with Gasteiger partial charge in [0.2, 0.25) is 5.91 Å². The first-order valence-electron chi connectivity index (χ1n) is 6.66. The van der Waals surface area contributed by atoms with Crippen molar-refractivity contribution in [2.24, 2.45) is 0 Å². The van der Waals surface area contributed by atoms with E-state index in [0.717, 1.165) is 20.3 Å². The van der Waals surface area contributed by atoms with Crippen LogP contribution in [0.4, 0.5) is 0 Å². The van der Waals surface area contributed by atoms with Gasteiger partial charge >= 0.3 is 0 Å². The SMILES string of the molecule is CCN(Cc1ccc(Cl)s1)C(=O)Cc1ccccc1C. The minimum atomic E-state index is 0.159. The van der Waals surface area contributed by atoms with Crippen molar-refractivity contribution in [1.82, 2.24) is 4.90 Å². The second-order valence-corrected chi connectivity index (χ2v) is 6.52. The lowest BCUT2D eigenvalue weighted by molar-refractivity contribution is -0.130. The van der Waals surface area contributed by atoms with E-state index in [4.69, 9.17) is 11.6 Å². The van der Waals surface area contributed by atoms with Crippen LogP contribution in [0.3, 0.4) is 0 Å². The van der Waals surface area contributed by atoms with Crippen molar-refractivity contribution in [1.29, 1.82) is 0 Å². The molecule has 0 saturated carbocycles. The Hall–Kier alpha value is -1.32. The molecule has 0 radical (unpaired) electrons. The van der Waals surface area contributed by atoms with E-state index in [-0.39, 0.29) is 5.91 Å². The van der Waals surface area contributed by atoms with Gasteiger partial charge in [0, 0.05) is 11.4 Å². The summed E-state index contributed by atoms with van der Waals surface area (Å²) >= 11 is 7.46. The molecule has 106 valence electrons. The van der Waals surface area contributed by atoms with Crippen LogP contribution >= 0.6 is 22.9 Å². The molecule has 2 rings (SSSR count). The third-order valence-electron chi connectivity index (χ3n) is 3.31. The molecule has 0 atom stereocenters. The number of benzene rings is 1. The Morgan fingerprint density at radius 1 is 1.25 bits per heavy atom. The van der Waals surface area contributed by atoms with Gasteiger partial charge in [-0.2, -0.15) is 0 Å². The van der Waals surface area contributed by atoms with E-state index in [9.17, 15) is 4.79 Å². The smallest absolute Gasteiger partial charge is 0.227 e. The van der Waals surface area contributed by atoms with Crippen LogP contribution in [0.15, 0.2) is 36.4 Å². The summed E-state index contributed by atoms with van der Waals surface area (Å²) < 4.78 is 0.766. The van der Waals surface area contributed by atoms with Gasteiger partial charge in [0.05, 0.1) is 17.3 Å². The van der Waals surface area contributed by atoms with Crippen molar-refractivity contribution >= 4 is 28.8 Å². The van der Waals surface area contributed by atoms with Gasteiger partial charge in [-0.15, -0.1) is 11.3 Å². The van der Waals surface area contributed by atoms with Crippen LogP contribution in [0.2, 0.25) is 4.34 Å². The number of halogens is 1. The highest BCUT2D eigenvalue weighted by molar-refractivity contribution is 7.16. The fourth-order valence-electron chi connectivity index (χ4n) is 2.08. The van der Waals surface area contributed by atoms with Crippen LogP contribution in [0.5, 0.6) is 0 Å². The van der Waals surface area contributed by atoms with Crippen LogP contribution in [0.1, 0.15) is 22.9 Å². The van der Waals surface area contributed by atoms with Crippen LogP contribution in [0, 0.1) is 6.92 Å². The maximum Gasteiger partial charge on any atom is 0.227 e. The van der Waals surface area contributed by atoms with Crippen LogP contribution in [-0.4, -0.2) is 17.4 Å². The summed E-state index contributed by atoms with van der Waals surface area (Å²) in [6, 6.07) is 11.9. The number of rotatable bonds is 5. The van der Waals surface area contributed by atoms with Crippen molar-refractivity contribution in [3.8, 4) is 0 Å². The molecule has 0 spiro atoms. The van der Waals surface area contributed by atoms with Gasteiger partial charge < -0.3 is 4.90 Å². The molecule has 4 heteroatoms. The molecular weight excluding hydrogens is 290 g/mol. The molecule has 1 aromatic carbocycles. The molecule has 0 unspecified atom stereocenters. The van der Waals surface area contributed by atoms with Crippen molar-refractivity contribution in [3.63, 3.8) is 0 Å². The zero-order valence-electron chi connectivity index (χ0n) is 11.7. The monoisotopic (exact) mass is 307 g/mol. The lowest BCUT2D eigenvalue weighted by atomic mass is 10.1. The van der Waals surface area contributed by atoms with Crippen LogP contribution in [0.25, 0.3) is 0 Å². The van der Waals surface area contributed by atoms with Crippen LogP contribution in [-0.2, 0) is 17.8 Å². The molecule has 2 aromatic rings. The molecule has 20 heavy (non-hydrogen) atoms. The standard InChI is InChI=1S/C16H18ClNOS/c1-3-18(11-14-8-9-15(17)20-14)16(19)10-13-7-5-4-6-12(13)2/h4-9H,3,10-11H2,1-2H3. The van der Waals surface area contributed by atoms with E-state index in [1.54, 1.807) is 0 Å². The number of hydrogen-bond donors (Lipinski definition) is 0. The molecule has 0 saturated heterocycles. The molecule has 0 aliphatic carbocycles. The van der Waals surface area contributed by atoms with Gasteiger partial charge in [-0.3, -0.25) is 4.79 Å². The molecular formula is C16H18ClNOS. The van der Waals surface area contributed by atoms with E-state index in [1.165, 1.54) is 11.3 Å². The number of amides is 1. The highest BCUT2D eigenvalue weighted by atomic mass is 35.5. The Morgan fingerprint density at radius 2 is 2.00 bits per heavy atom. The number of carbonyl (C=O) groups excluding carboxylic acids is 1. The Bertz CT molecular complexity index is 594. The summed E-state index contributed by atoms with van der Waals surface area (Å²) in [5.41, 5.74) is 2.26. The lowest BCUT2D eigenvalue weighted by Crippen LogP contribution is -2.31. The van der Waals surface area contributed by atoms with Gasteiger partial charge in [0.15, 0.2) is 0 Å². The minimum absolute atomic E-state index is 0.159. The molecule has 0 bridgehead atoms. The maximum atomic E-state index is 12.4. The van der Waals surface area contributed by atoms with E-state index < -0.39 is 0 Å². The molecule has 0 fully saturated rings. The number of thiophene rings is 1. The van der Waals surface area contributed by atoms with E-state index in [2.05, 4.69) is 0 Å². The molecule has 0 aliphatic heterocycles. The second kappa shape index (κ2) is 6.91. The van der Waals surface area contributed by atoms with E-state index in [0.29, 0.717) is 19.5 Å². The zero-order chi connectivity index (χ0) is 14.5. The first-order chi connectivity index (χ1) is 9.60. The number of carbonyl (C=O) groups is 1. The second-order valence-electron chi connectivity index (χ2n) is 4.72. The lowest BCUT2D eigenvalue weighted by Gasteiger charge is -2.20. The Morgan fingerprint density at radius 3 is 2.60 bits per heavy atom. The topological polar surface area (TPSA) is 20.3 Å². The molecule has 0 aliphatic rings. The first kappa shape index (κ1) is 15.1. The van der Waals surface area contributed by atoms with Crippen molar-refractivity contribution in [2.45, 2.75) is 26.8 Å². The summed E-state index contributed by atoms with van der Waals surface area (Å²) in [6.07, 6.45) is 0.458. The summed E-state index contributed by atoms with van der Waals surface area (Å²) in [4.78, 5) is 15.4. The van der Waals surface area contributed by atoms with Gasteiger partial charge in [0.25, 0.3) is 0 Å². The molecule has 2 nitrogen and oxygen atoms in total. The van der Waals surface area contributed by atoms with Crippen molar-refractivity contribution in [2.75, 3.05) is 6.54 Å². The average molecular weight is 308 g/mol. The zero-order valence-corrected chi connectivity index (χ0v) is 13.3. The molecule has 1 heterocycles. The number of likely N-dealkylation sites (N-methyl/N-ethyl adjacent to an activating group) is 1. The normalized spacial score (nSPS) is 10.6. The number of nitrogens with zero attached hydrogens (tertiary/aromatic N) is 1. The minimum Gasteiger partial charge on any atom is -0.338 e. The van der Waals surface area contributed by atoms with Gasteiger partial charge in [0.1, 0.15) is 0 Å². The average Bonchev–Trinajstić information content (AvgIpc) is 2.84. The van der Waals surface area contributed by atoms with Gasteiger partial charge in [-0.1, -0.05) is 35.9 Å². The van der Waals surface area contributed by atoms with Crippen LogP contribution < -0.4 is 0 Å². The predicted octanol–water partition coefficient (Wildman–Crippen LogP) is 4.30. The largest absolute Gasteiger partial charge is 0.338 e. The first-order valence-corrected chi connectivity index (χ1v) is 7.86. The van der Waals surface area contributed by atoms with Gasteiger partial charge in [-0.25, -0.2) is 0 Å². The summed E-state index contributed by atoms with van der Waals surface area (Å²) in [7, 11) is 0. The number of hydrogen-bond acceptors (Lipinski definition) is 2. The highest BCUT2D eigenvalue weighted by Gasteiger charge is 2.14. The molecule has 1 amide bonds. The van der Waals surface area contributed by atoms with Crippen molar-refractivity contribution in [3.05, 3.63) is 56.7 Å². The fraction of sp³-hybridized carbons (Fsp3) is 0.312. The summed E-state index contributed by atoms with van der Waals surface area (Å²) in [6.45, 7) is 5.39. The summed E-state index contributed by atoms with van der Waals surface area (Å²) in [5, 5.41) is 0. The molecule has 0 N–H and O–H groups in total. The predicted molar refractivity (Wildman–Crippen MR) is 85.3 cm³/mol. The van der Waals surface area contributed by atoms with E-state index in [1.807, 2.05) is 55.1 Å². The third-order valence-corrected chi connectivity index (χ3v) is 4.53. The maximum absolute atomic E-state index is 12.4. The Balaban J connectivity index is 2.04. The fourth-order valence-corrected chi connectivity index (χ4v) is 3.19.